The van der Waals surface area contributed by atoms with Crippen LogP contribution in [0.1, 0.15) is 42.5 Å². The molecule has 2 rings (SSSR count). The number of carbonyl (C=O) groups is 2. The number of rotatable bonds is 5. The summed E-state index contributed by atoms with van der Waals surface area (Å²) in [7, 11) is 3.34. The van der Waals surface area contributed by atoms with Gasteiger partial charge in [-0.2, -0.15) is 0 Å². The lowest BCUT2D eigenvalue weighted by molar-refractivity contribution is 0.0915. The van der Waals surface area contributed by atoms with Crippen molar-refractivity contribution in [3.05, 3.63) is 29.8 Å². The number of nitrogens with zero attached hydrogens (tertiary/aromatic N) is 1. The molecule has 0 radical (unpaired) electrons. The standard InChI is InChI=1S/C18H28N4O2/c1-22(2)18(24)20-15-10-6-9-14(11-15)17(23)21-16(12-19)13-7-4-3-5-8-13/h6,9-11,13,16H,3-5,7-8,12,19H2,1-2H3,(H,20,24)(H,21,23). The van der Waals surface area contributed by atoms with Crippen molar-refractivity contribution in [2.24, 2.45) is 11.7 Å². The van der Waals surface area contributed by atoms with Crippen LogP contribution < -0.4 is 16.4 Å². The lowest BCUT2D eigenvalue weighted by Crippen LogP contribution is -2.45. The molecule has 0 saturated heterocycles. The third kappa shape index (κ3) is 4.96. The molecule has 1 aromatic carbocycles. The molecule has 6 nitrogen and oxygen atoms in total. The predicted octanol–water partition coefficient (Wildman–Crippen LogP) is 2.42. The molecule has 6 heteroatoms. The van der Waals surface area contributed by atoms with Crippen LogP contribution in [0.3, 0.4) is 0 Å². The number of amides is 3. The van der Waals surface area contributed by atoms with Crippen LogP contribution in [0.4, 0.5) is 10.5 Å². The molecule has 1 fully saturated rings. The van der Waals surface area contributed by atoms with E-state index in [9.17, 15) is 9.59 Å². The number of hydrogen-bond donors (Lipinski definition) is 3. The van der Waals surface area contributed by atoms with Crippen molar-refractivity contribution in [3.63, 3.8) is 0 Å². The van der Waals surface area contributed by atoms with E-state index in [1.165, 1.54) is 24.2 Å². The van der Waals surface area contributed by atoms with Gasteiger partial charge in [0.05, 0.1) is 0 Å². The van der Waals surface area contributed by atoms with E-state index in [-0.39, 0.29) is 18.0 Å². The predicted molar refractivity (Wildman–Crippen MR) is 96.0 cm³/mol. The molecule has 0 bridgehead atoms. The number of urea groups is 1. The Kier molecular flexibility index (Phi) is 6.61. The Morgan fingerprint density at radius 3 is 2.58 bits per heavy atom. The molecule has 1 aromatic rings. The number of anilines is 1. The summed E-state index contributed by atoms with van der Waals surface area (Å²) in [6, 6.07) is 6.74. The van der Waals surface area contributed by atoms with E-state index in [1.807, 2.05) is 0 Å². The van der Waals surface area contributed by atoms with Crippen molar-refractivity contribution < 1.29 is 9.59 Å². The zero-order valence-corrected chi connectivity index (χ0v) is 14.5. The second-order valence-electron chi connectivity index (χ2n) is 6.62. The second-order valence-corrected chi connectivity index (χ2v) is 6.62. The lowest BCUT2D eigenvalue weighted by Gasteiger charge is -2.30. The van der Waals surface area contributed by atoms with Gasteiger partial charge in [0.2, 0.25) is 0 Å². The van der Waals surface area contributed by atoms with Crippen LogP contribution in [-0.4, -0.2) is 43.5 Å². The Hall–Kier alpha value is -2.08. The molecule has 0 heterocycles. The molecule has 1 saturated carbocycles. The van der Waals surface area contributed by atoms with E-state index in [0.29, 0.717) is 23.7 Å². The molecule has 1 atom stereocenters. The first-order chi connectivity index (χ1) is 11.5. The molecule has 3 amide bonds. The van der Waals surface area contributed by atoms with Gasteiger partial charge in [0.25, 0.3) is 5.91 Å². The number of hydrogen-bond acceptors (Lipinski definition) is 3. The van der Waals surface area contributed by atoms with Gasteiger partial charge in [0.1, 0.15) is 0 Å². The van der Waals surface area contributed by atoms with Gasteiger partial charge in [0, 0.05) is 37.9 Å². The van der Waals surface area contributed by atoms with Crippen LogP contribution in [0.25, 0.3) is 0 Å². The fourth-order valence-electron chi connectivity index (χ4n) is 3.13. The molecule has 1 aliphatic rings. The minimum Gasteiger partial charge on any atom is -0.348 e. The SMILES string of the molecule is CN(C)C(=O)Nc1cccc(C(=O)NC(CN)C2CCCCC2)c1. The average molecular weight is 332 g/mol. The van der Waals surface area contributed by atoms with Crippen LogP contribution in [-0.2, 0) is 0 Å². The maximum atomic E-state index is 12.5. The van der Waals surface area contributed by atoms with E-state index in [2.05, 4.69) is 10.6 Å². The highest BCUT2D eigenvalue weighted by Crippen LogP contribution is 2.26. The normalized spacial score (nSPS) is 16.3. The van der Waals surface area contributed by atoms with Crippen molar-refractivity contribution in [2.45, 2.75) is 38.1 Å². The fourth-order valence-corrected chi connectivity index (χ4v) is 3.13. The summed E-state index contributed by atoms with van der Waals surface area (Å²) >= 11 is 0. The minimum atomic E-state index is -0.227. The van der Waals surface area contributed by atoms with Gasteiger partial charge >= 0.3 is 6.03 Å². The summed E-state index contributed by atoms with van der Waals surface area (Å²) in [5, 5.41) is 5.82. The summed E-state index contributed by atoms with van der Waals surface area (Å²) < 4.78 is 0. The summed E-state index contributed by atoms with van der Waals surface area (Å²) in [6.45, 7) is 0.452. The van der Waals surface area contributed by atoms with Gasteiger partial charge in [-0.3, -0.25) is 4.79 Å². The Bertz CT molecular complexity index is 568. The highest BCUT2D eigenvalue weighted by atomic mass is 16.2. The van der Waals surface area contributed by atoms with Crippen LogP contribution in [0.2, 0.25) is 0 Å². The third-order valence-corrected chi connectivity index (χ3v) is 4.57. The van der Waals surface area contributed by atoms with Gasteiger partial charge in [-0.25, -0.2) is 4.79 Å². The van der Waals surface area contributed by atoms with Crippen LogP contribution in [0.5, 0.6) is 0 Å². The summed E-state index contributed by atoms with van der Waals surface area (Å²) in [6.07, 6.45) is 5.95. The average Bonchev–Trinajstić information content (AvgIpc) is 2.60. The molecule has 0 aromatic heterocycles. The highest BCUT2D eigenvalue weighted by Gasteiger charge is 2.24. The van der Waals surface area contributed by atoms with Crippen molar-refractivity contribution >= 4 is 17.6 Å². The third-order valence-electron chi connectivity index (χ3n) is 4.57. The van der Waals surface area contributed by atoms with E-state index in [0.717, 1.165) is 12.8 Å². The maximum absolute atomic E-state index is 12.5. The number of carbonyl (C=O) groups excluding carboxylic acids is 2. The summed E-state index contributed by atoms with van der Waals surface area (Å²) in [5.74, 6) is 0.321. The molecule has 0 spiro atoms. The quantitative estimate of drug-likeness (QED) is 0.774. The Morgan fingerprint density at radius 2 is 1.96 bits per heavy atom. The van der Waals surface area contributed by atoms with Crippen molar-refractivity contribution in [1.29, 1.82) is 0 Å². The molecule has 1 aliphatic carbocycles. The Labute approximate surface area is 143 Å². The van der Waals surface area contributed by atoms with Crippen molar-refractivity contribution in [2.75, 3.05) is 26.0 Å². The van der Waals surface area contributed by atoms with E-state index in [4.69, 9.17) is 5.73 Å². The highest BCUT2D eigenvalue weighted by molar-refractivity contribution is 5.97. The largest absolute Gasteiger partial charge is 0.348 e. The smallest absolute Gasteiger partial charge is 0.321 e. The molecule has 1 unspecified atom stereocenters. The topological polar surface area (TPSA) is 87.5 Å². The Morgan fingerprint density at radius 1 is 1.25 bits per heavy atom. The summed E-state index contributed by atoms with van der Waals surface area (Å²) in [4.78, 5) is 25.7. The van der Waals surface area contributed by atoms with Crippen LogP contribution >= 0.6 is 0 Å². The zero-order chi connectivity index (χ0) is 17.5. The van der Waals surface area contributed by atoms with Gasteiger partial charge in [0.15, 0.2) is 0 Å². The first kappa shape index (κ1) is 18.3. The van der Waals surface area contributed by atoms with E-state index in [1.54, 1.807) is 38.4 Å². The van der Waals surface area contributed by atoms with Crippen LogP contribution in [0.15, 0.2) is 24.3 Å². The van der Waals surface area contributed by atoms with E-state index < -0.39 is 0 Å². The fraction of sp³-hybridized carbons (Fsp3) is 0.556. The van der Waals surface area contributed by atoms with E-state index >= 15 is 0 Å². The molecule has 132 valence electrons. The Balaban J connectivity index is 2.01. The zero-order valence-electron chi connectivity index (χ0n) is 14.5. The van der Waals surface area contributed by atoms with Gasteiger partial charge < -0.3 is 21.3 Å². The lowest BCUT2D eigenvalue weighted by atomic mass is 9.84. The van der Waals surface area contributed by atoms with Gasteiger partial charge in [-0.05, 0) is 37.0 Å². The van der Waals surface area contributed by atoms with Crippen molar-refractivity contribution in [3.8, 4) is 0 Å². The van der Waals surface area contributed by atoms with Crippen LogP contribution in [0, 0.1) is 5.92 Å². The number of nitrogens with two attached hydrogens (primary N) is 1. The molecular weight excluding hydrogens is 304 g/mol. The van der Waals surface area contributed by atoms with Gasteiger partial charge in [-0.1, -0.05) is 25.3 Å². The molecule has 0 aliphatic heterocycles. The monoisotopic (exact) mass is 332 g/mol. The molecule has 24 heavy (non-hydrogen) atoms. The maximum Gasteiger partial charge on any atom is 0.321 e. The first-order valence-electron chi connectivity index (χ1n) is 8.60. The first-order valence-corrected chi connectivity index (χ1v) is 8.60. The summed E-state index contributed by atoms with van der Waals surface area (Å²) in [5.41, 5.74) is 7.01. The molecular formula is C18H28N4O2. The minimum absolute atomic E-state index is 0.0119. The second kappa shape index (κ2) is 8.68. The van der Waals surface area contributed by atoms with Crippen molar-refractivity contribution in [1.82, 2.24) is 10.2 Å². The number of benzene rings is 1. The molecule has 4 N–H and O–H groups in total. The number of nitrogens with one attached hydrogen (secondary N) is 2. The van der Waals surface area contributed by atoms with Gasteiger partial charge in [-0.15, -0.1) is 0 Å².